The lowest BCUT2D eigenvalue weighted by molar-refractivity contribution is -0.142. The molecule has 0 bridgehead atoms. The summed E-state index contributed by atoms with van der Waals surface area (Å²) in [5.41, 5.74) is 0.861. The Morgan fingerprint density at radius 2 is 2.04 bits per heavy atom. The van der Waals surface area contributed by atoms with Gasteiger partial charge in [0.25, 0.3) is 5.91 Å². The van der Waals surface area contributed by atoms with Crippen LogP contribution in [0.3, 0.4) is 0 Å². The molecular formula is C16H16N2O4S2. The molecule has 2 N–H and O–H groups in total. The lowest BCUT2D eigenvalue weighted by Crippen LogP contribution is -2.46. The number of aliphatic carboxylic acids is 1. The second-order valence-electron chi connectivity index (χ2n) is 5.05. The summed E-state index contributed by atoms with van der Waals surface area (Å²) < 4.78 is 0.278. The molecule has 126 valence electrons. The number of carboxylic acid groups (broad SMARTS) is 1. The van der Waals surface area contributed by atoms with E-state index in [-0.39, 0.29) is 23.2 Å². The van der Waals surface area contributed by atoms with Gasteiger partial charge in [-0.2, -0.15) is 0 Å². The molecule has 2 rings (SSSR count). The summed E-state index contributed by atoms with van der Waals surface area (Å²) >= 11 is 6.28. The predicted octanol–water partition coefficient (Wildman–Crippen LogP) is 1.87. The average molecular weight is 364 g/mol. The Bertz CT molecular complexity index is 703. The van der Waals surface area contributed by atoms with Crippen molar-refractivity contribution in [1.82, 2.24) is 10.2 Å². The first-order valence-electron chi connectivity index (χ1n) is 7.25. The SMILES string of the molecule is CC[C@@H](NC(=O)CN1C(=O)/C(=C/c2ccccc2)SC1=S)C(=O)O. The smallest absolute Gasteiger partial charge is 0.326 e. The minimum atomic E-state index is -1.11. The van der Waals surface area contributed by atoms with E-state index in [9.17, 15) is 14.4 Å². The molecule has 1 aromatic rings. The maximum Gasteiger partial charge on any atom is 0.326 e. The highest BCUT2D eigenvalue weighted by molar-refractivity contribution is 8.26. The fraction of sp³-hybridized carbons (Fsp3) is 0.250. The van der Waals surface area contributed by atoms with Crippen LogP contribution in [0.4, 0.5) is 0 Å². The average Bonchev–Trinajstić information content (AvgIpc) is 2.81. The second kappa shape index (κ2) is 8.07. The van der Waals surface area contributed by atoms with Crippen LogP contribution in [0.25, 0.3) is 6.08 Å². The number of thiocarbonyl (C=S) groups is 1. The van der Waals surface area contributed by atoms with E-state index in [1.165, 1.54) is 4.90 Å². The minimum Gasteiger partial charge on any atom is -0.480 e. The van der Waals surface area contributed by atoms with Crippen molar-refractivity contribution in [3.63, 3.8) is 0 Å². The van der Waals surface area contributed by atoms with Crippen LogP contribution >= 0.6 is 24.0 Å². The van der Waals surface area contributed by atoms with Gasteiger partial charge in [0.2, 0.25) is 5.91 Å². The monoisotopic (exact) mass is 364 g/mol. The largest absolute Gasteiger partial charge is 0.480 e. The molecule has 1 aromatic carbocycles. The molecule has 1 atom stereocenters. The fourth-order valence-corrected chi connectivity index (χ4v) is 3.31. The van der Waals surface area contributed by atoms with Crippen molar-refractivity contribution in [2.24, 2.45) is 0 Å². The second-order valence-corrected chi connectivity index (χ2v) is 6.72. The molecule has 0 aromatic heterocycles. The molecule has 8 heteroatoms. The molecule has 2 amide bonds. The summed E-state index contributed by atoms with van der Waals surface area (Å²) in [5.74, 6) is -2.02. The maximum atomic E-state index is 12.4. The van der Waals surface area contributed by atoms with Crippen molar-refractivity contribution < 1.29 is 19.5 Å². The Morgan fingerprint density at radius 1 is 1.38 bits per heavy atom. The van der Waals surface area contributed by atoms with E-state index in [1.54, 1.807) is 13.0 Å². The van der Waals surface area contributed by atoms with Crippen LogP contribution < -0.4 is 5.32 Å². The Balaban J connectivity index is 2.05. The van der Waals surface area contributed by atoms with Crippen LogP contribution in [-0.4, -0.2) is 44.7 Å². The summed E-state index contributed by atoms with van der Waals surface area (Å²) in [6, 6.07) is 8.33. The first-order valence-corrected chi connectivity index (χ1v) is 8.47. The van der Waals surface area contributed by atoms with Gasteiger partial charge in [-0.1, -0.05) is 61.2 Å². The first-order chi connectivity index (χ1) is 11.4. The summed E-state index contributed by atoms with van der Waals surface area (Å²) in [4.78, 5) is 36.9. The molecule has 1 heterocycles. The summed E-state index contributed by atoms with van der Waals surface area (Å²) in [6.45, 7) is 1.36. The van der Waals surface area contributed by atoms with Gasteiger partial charge in [-0.15, -0.1) is 0 Å². The Morgan fingerprint density at radius 3 is 2.62 bits per heavy atom. The highest BCUT2D eigenvalue weighted by atomic mass is 32.2. The molecule has 0 aliphatic carbocycles. The van der Waals surface area contributed by atoms with Gasteiger partial charge in [0.15, 0.2) is 0 Å². The van der Waals surface area contributed by atoms with E-state index in [0.717, 1.165) is 17.3 Å². The third kappa shape index (κ3) is 4.42. The molecule has 0 unspecified atom stereocenters. The van der Waals surface area contributed by atoms with E-state index in [2.05, 4.69) is 5.32 Å². The van der Waals surface area contributed by atoms with Gasteiger partial charge in [0, 0.05) is 0 Å². The number of nitrogens with zero attached hydrogens (tertiary/aromatic N) is 1. The number of hydrogen-bond donors (Lipinski definition) is 2. The molecule has 1 fully saturated rings. The van der Waals surface area contributed by atoms with Crippen LogP contribution in [0, 0.1) is 0 Å². The number of nitrogens with one attached hydrogen (secondary N) is 1. The lowest BCUT2D eigenvalue weighted by atomic mass is 10.2. The molecule has 6 nitrogen and oxygen atoms in total. The van der Waals surface area contributed by atoms with Crippen molar-refractivity contribution in [2.45, 2.75) is 19.4 Å². The lowest BCUT2D eigenvalue weighted by Gasteiger charge is -2.17. The molecule has 0 saturated carbocycles. The Kier molecular flexibility index (Phi) is 6.10. The van der Waals surface area contributed by atoms with E-state index >= 15 is 0 Å². The van der Waals surface area contributed by atoms with E-state index in [0.29, 0.717) is 4.91 Å². The van der Waals surface area contributed by atoms with Crippen LogP contribution in [-0.2, 0) is 14.4 Å². The minimum absolute atomic E-state index is 0.257. The number of thioether (sulfide) groups is 1. The molecule has 0 radical (unpaired) electrons. The number of benzene rings is 1. The summed E-state index contributed by atoms with van der Waals surface area (Å²) in [7, 11) is 0. The zero-order valence-corrected chi connectivity index (χ0v) is 14.5. The van der Waals surface area contributed by atoms with Crippen LogP contribution in [0.1, 0.15) is 18.9 Å². The van der Waals surface area contributed by atoms with Crippen LogP contribution in [0.5, 0.6) is 0 Å². The number of carbonyl (C=O) groups excluding carboxylic acids is 2. The number of amides is 2. The van der Waals surface area contributed by atoms with Gasteiger partial charge in [0.05, 0.1) is 4.91 Å². The molecule has 24 heavy (non-hydrogen) atoms. The van der Waals surface area contributed by atoms with Crippen molar-refractivity contribution >= 4 is 52.2 Å². The maximum absolute atomic E-state index is 12.4. The first kappa shape index (κ1) is 18.2. The highest BCUT2D eigenvalue weighted by Crippen LogP contribution is 2.32. The zero-order valence-electron chi connectivity index (χ0n) is 12.9. The van der Waals surface area contributed by atoms with Crippen molar-refractivity contribution in [3.05, 3.63) is 40.8 Å². The van der Waals surface area contributed by atoms with Crippen LogP contribution in [0.15, 0.2) is 35.2 Å². The van der Waals surface area contributed by atoms with Gasteiger partial charge in [0.1, 0.15) is 16.9 Å². The summed E-state index contributed by atoms with van der Waals surface area (Å²) in [5, 5.41) is 11.3. The van der Waals surface area contributed by atoms with E-state index < -0.39 is 17.9 Å². The number of rotatable bonds is 6. The molecule has 0 spiro atoms. The van der Waals surface area contributed by atoms with Gasteiger partial charge in [-0.25, -0.2) is 4.79 Å². The Labute approximate surface area is 148 Å². The van der Waals surface area contributed by atoms with Crippen LogP contribution in [0.2, 0.25) is 0 Å². The molecule has 1 saturated heterocycles. The van der Waals surface area contributed by atoms with Gasteiger partial charge in [-0.05, 0) is 18.1 Å². The number of hydrogen-bond acceptors (Lipinski definition) is 5. The van der Waals surface area contributed by atoms with Crippen molar-refractivity contribution in [3.8, 4) is 0 Å². The third-order valence-corrected chi connectivity index (χ3v) is 4.69. The third-order valence-electron chi connectivity index (χ3n) is 3.31. The molecule has 1 aliphatic rings. The Hall–Kier alpha value is -2.19. The topological polar surface area (TPSA) is 86.7 Å². The zero-order chi connectivity index (χ0) is 17.7. The van der Waals surface area contributed by atoms with Gasteiger partial charge in [-0.3, -0.25) is 14.5 Å². The van der Waals surface area contributed by atoms with Gasteiger partial charge >= 0.3 is 5.97 Å². The van der Waals surface area contributed by atoms with Crippen molar-refractivity contribution in [2.75, 3.05) is 6.54 Å². The summed E-state index contributed by atoms with van der Waals surface area (Å²) in [6.07, 6.45) is 1.97. The molecule has 1 aliphatic heterocycles. The quantitative estimate of drug-likeness (QED) is 0.592. The fourth-order valence-electron chi connectivity index (χ4n) is 2.06. The molecular weight excluding hydrogens is 348 g/mol. The highest BCUT2D eigenvalue weighted by Gasteiger charge is 2.33. The van der Waals surface area contributed by atoms with Crippen molar-refractivity contribution in [1.29, 1.82) is 0 Å². The number of carbonyl (C=O) groups is 3. The van der Waals surface area contributed by atoms with E-state index in [4.69, 9.17) is 17.3 Å². The standard InChI is InChI=1S/C16H16N2O4S2/c1-2-11(15(21)22)17-13(19)9-18-14(20)12(24-16(18)23)8-10-6-4-3-5-7-10/h3-8,11H,2,9H2,1H3,(H,17,19)(H,21,22)/b12-8-/t11-/m1/s1. The normalized spacial score (nSPS) is 17.2. The number of carboxylic acids is 1. The van der Waals surface area contributed by atoms with Gasteiger partial charge < -0.3 is 10.4 Å². The predicted molar refractivity (Wildman–Crippen MR) is 96.2 cm³/mol. The van der Waals surface area contributed by atoms with E-state index in [1.807, 2.05) is 30.3 Å².